The predicted octanol–water partition coefficient (Wildman–Crippen LogP) is 5.17. The lowest BCUT2D eigenvalue weighted by Crippen LogP contribution is -2.19. The summed E-state index contributed by atoms with van der Waals surface area (Å²) in [4.78, 5) is 4.21. The Morgan fingerprint density at radius 2 is 1.25 bits per heavy atom. The lowest BCUT2D eigenvalue weighted by Gasteiger charge is -2.15. The first-order valence-corrected chi connectivity index (χ1v) is 12.1. The van der Waals surface area contributed by atoms with E-state index in [1.165, 1.54) is 0 Å². The first kappa shape index (κ1) is 27.1. The molecule has 0 radical (unpaired) electrons. The third-order valence-corrected chi connectivity index (χ3v) is 5.62. The van der Waals surface area contributed by atoms with Gasteiger partial charge in [0.25, 0.3) is 0 Å². The average molecular weight is 491 g/mol. The van der Waals surface area contributed by atoms with Gasteiger partial charge in [0.2, 0.25) is 0 Å². The molecule has 6 heteroatoms. The molecule has 0 saturated heterocycles. The molecule has 0 spiro atoms. The van der Waals surface area contributed by atoms with Crippen LogP contribution < -0.4 is 18.9 Å². The van der Waals surface area contributed by atoms with Crippen LogP contribution in [0.2, 0.25) is 0 Å². The predicted molar refractivity (Wildman–Crippen MR) is 148 cm³/mol. The molecule has 6 nitrogen and oxygen atoms in total. The van der Waals surface area contributed by atoms with Crippen LogP contribution in [0, 0.1) is 0 Å². The topological polar surface area (TPSA) is 43.4 Å². The lowest BCUT2D eigenvalue weighted by atomic mass is 9.95. The number of likely N-dealkylation sites (N-methyl/N-ethyl adjacent to an activating group) is 2. The summed E-state index contributed by atoms with van der Waals surface area (Å²) in [6.45, 7) is 2.97. The highest BCUT2D eigenvalue weighted by Gasteiger charge is 2.12. The van der Waals surface area contributed by atoms with E-state index >= 15 is 0 Å². The Hall–Kier alpha value is -3.48. The highest BCUT2D eigenvalue weighted by atomic mass is 16.5. The zero-order chi connectivity index (χ0) is 25.9. The summed E-state index contributed by atoms with van der Waals surface area (Å²) in [5.41, 5.74) is 4.14. The van der Waals surface area contributed by atoms with E-state index in [4.69, 9.17) is 18.9 Å². The van der Waals surface area contributed by atoms with Gasteiger partial charge >= 0.3 is 0 Å². The first-order valence-electron chi connectivity index (χ1n) is 12.1. The maximum atomic E-state index is 6.02. The van der Waals surface area contributed by atoms with Gasteiger partial charge in [-0.1, -0.05) is 30.3 Å². The molecule has 0 heterocycles. The van der Waals surface area contributed by atoms with E-state index in [1.807, 2.05) is 70.7 Å². The Kier molecular flexibility index (Phi) is 10.2. The molecule has 0 aliphatic carbocycles. The van der Waals surface area contributed by atoms with Gasteiger partial charge in [0, 0.05) is 13.1 Å². The van der Waals surface area contributed by atoms with Gasteiger partial charge < -0.3 is 28.7 Å². The van der Waals surface area contributed by atoms with Crippen LogP contribution in [0.25, 0.3) is 11.6 Å². The van der Waals surface area contributed by atoms with Crippen molar-refractivity contribution in [3.05, 3.63) is 83.4 Å². The fraction of sp³-hybridized carbons (Fsp3) is 0.333. The van der Waals surface area contributed by atoms with E-state index in [2.05, 4.69) is 40.1 Å². The molecule has 0 N–H and O–H groups in total. The minimum atomic E-state index is 0.623. The van der Waals surface area contributed by atoms with Crippen LogP contribution in [0.4, 0.5) is 0 Å². The van der Waals surface area contributed by atoms with Crippen molar-refractivity contribution in [2.45, 2.75) is 0 Å². The van der Waals surface area contributed by atoms with Gasteiger partial charge in [-0.3, -0.25) is 0 Å². The smallest absolute Gasteiger partial charge is 0.161 e. The second-order valence-electron chi connectivity index (χ2n) is 9.03. The van der Waals surface area contributed by atoms with Gasteiger partial charge in [-0.15, -0.1) is 0 Å². The first-order chi connectivity index (χ1) is 17.4. The lowest BCUT2D eigenvalue weighted by molar-refractivity contribution is 0.261. The van der Waals surface area contributed by atoms with Crippen molar-refractivity contribution in [2.24, 2.45) is 0 Å². The Morgan fingerprint density at radius 3 is 1.86 bits per heavy atom. The van der Waals surface area contributed by atoms with Crippen molar-refractivity contribution >= 4 is 11.6 Å². The van der Waals surface area contributed by atoms with E-state index in [0.29, 0.717) is 24.7 Å². The number of ether oxygens (including phenoxy) is 4. The van der Waals surface area contributed by atoms with Crippen molar-refractivity contribution in [3.8, 4) is 23.0 Å². The summed E-state index contributed by atoms with van der Waals surface area (Å²) in [7, 11) is 11.4. The molecule has 3 aromatic rings. The molecule has 0 unspecified atom stereocenters. The summed E-state index contributed by atoms with van der Waals surface area (Å²) < 4.78 is 23.0. The maximum Gasteiger partial charge on any atom is 0.161 e. The third-order valence-electron chi connectivity index (χ3n) is 5.62. The normalized spacial score (nSPS) is 11.6. The number of benzene rings is 3. The molecule has 3 rings (SSSR count). The molecule has 36 heavy (non-hydrogen) atoms. The van der Waals surface area contributed by atoms with Crippen LogP contribution >= 0.6 is 0 Å². The number of hydrogen-bond donors (Lipinski definition) is 0. The number of rotatable bonds is 13. The van der Waals surface area contributed by atoms with Crippen molar-refractivity contribution in [3.63, 3.8) is 0 Å². The minimum Gasteiger partial charge on any atom is -0.493 e. The second-order valence-corrected chi connectivity index (χ2v) is 9.03. The Bertz CT molecular complexity index is 1140. The van der Waals surface area contributed by atoms with Crippen LogP contribution in [0.1, 0.15) is 16.7 Å². The molecule has 192 valence electrons. The van der Waals surface area contributed by atoms with Crippen molar-refractivity contribution < 1.29 is 18.9 Å². The number of methoxy groups -OCH3 is 2. The molecule has 0 bridgehead atoms. The van der Waals surface area contributed by atoms with Crippen LogP contribution in [0.15, 0.2) is 66.7 Å². The van der Waals surface area contributed by atoms with E-state index in [9.17, 15) is 0 Å². The fourth-order valence-electron chi connectivity index (χ4n) is 3.64. The van der Waals surface area contributed by atoms with Gasteiger partial charge in [0.1, 0.15) is 24.7 Å². The van der Waals surface area contributed by atoms with Gasteiger partial charge in [0.15, 0.2) is 11.5 Å². The summed E-state index contributed by atoms with van der Waals surface area (Å²) in [5, 5.41) is 0. The molecule has 0 aliphatic rings. The summed E-state index contributed by atoms with van der Waals surface area (Å²) in [6, 6.07) is 22.3. The molecule has 0 amide bonds. The number of hydrogen-bond acceptors (Lipinski definition) is 6. The van der Waals surface area contributed by atoms with Crippen molar-refractivity contribution in [1.82, 2.24) is 9.80 Å². The SMILES string of the molecule is COc1ccc(/C(=C/c2cccc(OCCN(C)C)c2)c2cccc(OCCN(C)C)c2)cc1OC. The van der Waals surface area contributed by atoms with Gasteiger partial charge in [-0.05, 0) is 92.9 Å². The Balaban J connectivity index is 2.00. The zero-order valence-electron chi connectivity index (χ0n) is 22.3. The molecule has 0 saturated carbocycles. The van der Waals surface area contributed by atoms with Crippen molar-refractivity contribution in [1.29, 1.82) is 0 Å². The van der Waals surface area contributed by atoms with E-state index in [0.717, 1.165) is 46.9 Å². The molecule has 3 aromatic carbocycles. The van der Waals surface area contributed by atoms with Crippen LogP contribution in [-0.4, -0.2) is 78.5 Å². The Labute approximate surface area is 215 Å². The van der Waals surface area contributed by atoms with Gasteiger partial charge in [-0.2, -0.15) is 0 Å². The fourth-order valence-corrected chi connectivity index (χ4v) is 3.64. The van der Waals surface area contributed by atoms with Crippen LogP contribution in [-0.2, 0) is 0 Å². The molecular formula is C30H38N2O4. The molecule has 0 aromatic heterocycles. The summed E-state index contributed by atoms with van der Waals surface area (Å²) in [5.74, 6) is 3.05. The second kappa shape index (κ2) is 13.6. The van der Waals surface area contributed by atoms with Crippen LogP contribution in [0.5, 0.6) is 23.0 Å². The molecule has 0 fully saturated rings. The summed E-state index contributed by atoms with van der Waals surface area (Å²) in [6.07, 6.45) is 2.17. The number of nitrogens with zero attached hydrogens (tertiary/aromatic N) is 2. The van der Waals surface area contributed by atoms with Crippen molar-refractivity contribution in [2.75, 3.05) is 68.7 Å². The van der Waals surface area contributed by atoms with E-state index < -0.39 is 0 Å². The largest absolute Gasteiger partial charge is 0.493 e. The highest BCUT2D eigenvalue weighted by Crippen LogP contribution is 2.35. The monoisotopic (exact) mass is 490 g/mol. The maximum absolute atomic E-state index is 6.02. The standard InChI is InChI=1S/C30H38N2O4/c1-31(2)15-17-35-26-11-7-9-23(19-26)20-28(25-13-14-29(33-5)30(22-25)34-6)24-10-8-12-27(21-24)36-18-16-32(3)4/h7-14,19-22H,15-18H2,1-6H3/b28-20+. The Morgan fingerprint density at radius 1 is 0.667 bits per heavy atom. The van der Waals surface area contributed by atoms with E-state index in [-0.39, 0.29) is 0 Å². The quantitative estimate of drug-likeness (QED) is 0.308. The van der Waals surface area contributed by atoms with Gasteiger partial charge in [-0.25, -0.2) is 0 Å². The molecular weight excluding hydrogens is 452 g/mol. The van der Waals surface area contributed by atoms with Crippen LogP contribution in [0.3, 0.4) is 0 Å². The molecule has 0 aliphatic heterocycles. The average Bonchev–Trinajstić information content (AvgIpc) is 2.87. The zero-order valence-corrected chi connectivity index (χ0v) is 22.3. The summed E-state index contributed by atoms with van der Waals surface area (Å²) >= 11 is 0. The third kappa shape index (κ3) is 8.04. The van der Waals surface area contributed by atoms with E-state index in [1.54, 1.807) is 14.2 Å². The highest BCUT2D eigenvalue weighted by molar-refractivity contribution is 5.92. The minimum absolute atomic E-state index is 0.623. The van der Waals surface area contributed by atoms with Gasteiger partial charge in [0.05, 0.1) is 14.2 Å². The molecule has 0 atom stereocenters.